The Morgan fingerprint density at radius 1 is 1.50 bits per heavy atom. The fourth-order valence-electron chi connectivity index (χ4n) is 1.27. The molecule has 2 rings (SSSR count). The zero-order valence-electron chi connectivity index (χ0n) is 9.58. The molecule has 0 aliphatic carbocycles. The lowest BCUT2D eigenvalue weighted by atomic mass is 10.2. The molecule has 0 aliphatic rings. The molecule has 0 amide bonds. The van der Waals surface area contributed by atoms with Gasteiger partial charge in [-0.2, -0.15) is 15.2 Å². The van der Waals surface area contributed by atoms with Gasteiger partial charge >= 0.3 is 5.69 Å². The summed E-state index contributed by atoms with van der Waals surface area (Å²) in [5.74, 6) is 0.446. The number of hydrogen-bond acceptors (Lipinski definition) is 6. The van der Waals surface area contributed by atoms with Gasteiger partial charge in [-0.3, -0.25) is 5.43 Å². The summed E-state index contributed by atoms with van der Waals surface area (Å²) >= 11 is 0. The first-order valence-corrected chi connectivity index (χ1v) is 5.16. The lowest BCUT2D eigenvalue weighted by Crippen LogP contribution is -2.15. The average Bonchev–Trinajstić information content (AvgIpc) is 2.34. The zero-order valence-corrected chi connectivity index (χ0v) is 9.58. The third-order valence-electron chi connectivity index (χ3n) is 2.13. The number of aromatic amines is 1. The maximum absolute atomic E-state index is 11.0. The van der Waals surface area contributed by atoms with Gasteiger partial charge in [-0.05, 0) is 24.6 Å². The van der Waals surface area contributed by atoms with E-state index < -0.39 is 5.69 Å². The smallest absolute Gasteiger partial charge is 0.363 e. The summed E-state index contributed by atoms with van der Waals surface area (Å²) in [6, 6.07) is 6.61. The van der Waals surface area contributed by atoms with Crippen LogP contribution in [-0.2, 0) is 0 Å². The molecule has 0 saturated carbocycles. The van der Waals surface area contributed by atoms with E-state index in [-0.39, 0.29) is 11.6 Å². The molecule has 0 bridgehead atoms. The molecule has 0 fully saturated rings. The first-order chi connectivity index (χ1) is 8.65. The Hall–Kier alpha value is -2.70. The summed E-state index contributed by atoms with van der Waals surface area (Å²) in [6.45, 7) is 1.69. The van der Waals surface area contributed by atoms with E-state index in [1.54, 1.807) is 31.2 Å². The lowest BCUT2D eigenvalue weighted by Gasteiger charge is -2.00. The molecule has 0 aliphatic heterocycles. The van der Waals surface area contributed by atoms with Crippen molar-refractivity contribution in [1.82, 2.24) is 15.2 Å². The molecule has 18 heavy (non-hydrogen) atoms. The van der Waals surface area contributed by atoms with Crippen LogP contribution in [0.1, 0.15) is 11.3 Å². The second-order valence-corrected chi connectivity index (χ2v) is 3.54. The zero-order chi connectivity index (χ0) is 13.0. The second kappa shape index (κ2) is 5.09. The van der Waals surface area contributed by atoms with Crippen LogP contribution in [0.2, 0.25) is 0 Å². The molecular weight excluding hydrogens is 234 g/mol. The van der Waals surface area contributed by atoms with Crippen LogP contribution in [0.25, 0.3) is 0 Å². The van der Waals surface area contributed by atoms with Crippen molar-refractivity contribution >= 4 is 12.0 Å². The fourth-order valence-corrected chi connectivity index (χ4v) is 1.27. The standard InChI is InChI=1S/C11H11N5O2/c1-7-10(13-11(18)16-14-7)15-12-6-8-3-2-4-9(17)5-8/h2-6,17H,1H3,(H2,13,15,16,18)/b12-6-. The van der Waals surface area contributed by atoms with Crippen LogP contribution in [0.3, 0.4) is 0 Å². The van der Waals surface area contributed by atoms with Gasteiger partial charge in [0, 0.05) is 0 Å². The Morgan fingerprint density at radius 3 is 3.11 bits per heavy atom. The predicted octanol–water partition coefficient (Wildman–Crippen LogP) is 0.625. The minimum Gasteiger partial charge on any atom is -0.508 e. The van der Waals surface area contributed by atoms with E-state index >= 15 is 0 Å². The fraction of sp³-hybridized carbons (Fsp3) is 0.0909. The van der Waals surface area contributed by atoms with E-state index in [1.165, 1.54) is 6.21 Å². The number of phenols is 1. The molecule has 0 atom stereocenters. The number of aryl methyl sites for hydroxylation is 1. The molecule has 0 saturated heterocycles. The van der Waals surface area contributed by atoms with Crippen molar-refractivity contribution in [2.75, 3.05) is 5.43 Å². The number of aromatic nitrogens is 3. The normalized spacial score (nSPS) is 10.7. The van der Waals surface area contributed by atoms with Crippen molar-refractivity contribution in [3.05, 3.63) is 46.0 Å². The van der Waals surface area contributed by atoms with Gasteiger partial charge in [-0.25, -0.2) is 9.89 Å². The molecule has 0 spiro atoms. The summed E-state index contributed by atoms with van der Waals surface area (Å²) < 4.78 is 0. The van der Waals surface area contributed by atoms with Crippen molar-refractivity contribution in [2.24, 2.45) is 5.10 Å². The summed E-state index contributed by atoms with van der Waals surface area (Å²) in [4.78, 5) is 14.6. The minimum absolute atomic E-state index is 0.158. The van der Waals surface area contributed by atoms with Gasteiger partial charge < -0.3 is 5.11 Å². The van der Waals surface area contributed by atoms with Crippen molar-refractivity contribution in [1.29, 1.82) is 0 Å². The molecule has 1 heterocycles. The monoisotopic (exact) mass is 245 g/mol. The van der Waals surface area contributed by atoms with E-state index in [0.29, 0.717) is 5.69 Å². The quantitative estimate of drug-likeness (QED) is 0.543. The molecule has 7 nitrogen and oxygen atoms in total. The largest absolute Gasteiger partial charge is 0.508 e. The van der Waals surface area contributed by atoms with Gasteiger partial charge in [0.05, 0.1) is 6.21 Å². The number of benzene rings is 1. The summed E-state index contributed by atoms with van der Waals surface area (Å²) in [7, 11) is 0. The molecule has 0 radical (unpaired) electrons. The minimum atomic E-state index is -0.546. The number of hydrazone groups is 1. The molecule has 0 unspecified atom stereocenters. The van der Waals surface area contributed by atoms with Gasteiger partial charge in [-0.15, -0.1) is 0 Å². The van der Waals surface area contributed by atoms with Crippen molar-refractivity contribution in [3.63, 3.8) is 0 Å². The summed E-state index contributed by atoms with van der Waals surface area (Å²) in [5.41, 5.74) is 3.32. The highest BCUT2D eigenvalue weighted by Gasteiger charge is 1.99. The highest BCUT2D eigenvalue weighted by atomic mass is 16.3. The number of anilines is 1. The molecule has 92 valence electrons. The average molecular weight is 245 g/mol. The lowest BCUT2D eigenvalue weighted by molar-refractivity contribution is 0.475. The van der Waals surface area contributed by atoms with Gasteiger partial charge in [0.25, 0.3) is 0 Å². The van der Waals surface area contributed by atoms with E-state index in [0.717, 1.165) is 5.56 Å². The SMILES string of the molecule is Cc1n[nH]c(=O)nc1N/N=C\c1cccc(O)c1. The van der Waals surface area contributed by atoms with Crippen molar-refractivity contribution in [3.8, 4) is 5.75 Å². The molecule has 7 heteroatoms. The van der Waals surface area contributed by atoms with Crippen LogP contribution in [-0.4, -0.2) is 26.5 Å². The number of nitrogens with zero attached hydrogens (tertiary/aromatic N) is 3. The third kappa shape index (κ3) is 2.91. The van der Waals surface area contributed by atoms with Gasteiger partial charge in [0.1, 0.15) is 11.4 Å². The Balaban J connectivity index is 2.12. The van der Waals surface area contributed by atoms with Crippen molar-refractivity contribution in [2.45, 2.75) is 6.92 Å². The summed E-state index contributed by atoms with van der Waals surface area (Å²) in [5, 5.41) is 19.1. The van der Waals surface area contributed by atoms with E-state index in [2.05, 4.69) is 25.7 Å². The van der Waals surface area contributed by atoms with Crippen molar-refractivity contribution < 1.29 is 5.11 Å². The Labute approximate surface area is 102 Å². The van der Waals surface area contributed by atoms with Crippen LogP contribution in [0.15, 0.2) is 34.2 Å². The predicted molar refractivity (Wildman–Crippen MR) is 66.7 cm³/mol. The first-order valence-electron chi connectivity index (χ1n) is 5.16. The Kier molecular flexibility index (Phi) is 3.33. The Morgan fingerprint density at radius 2 is 2.33 bits per heavy atom. The molecule has 1 aromatic heterocycles. The summed E-state index contributed by atoms with van der Waals surface area (Å²) in [6.07, 6.45) is 1.50. The maximum Gasteiger partial charge on any atom is 0.363 e. The van der Waals surface area contributed by atoms with Crippen LogP contribution >= 0.6 is 0 Å². The van der Waals surface area contributed by atoms with Crippen LogP contribution < -0.4 is 11.1 Å². The topological polar surface area (TPSA) is 103 Å². The maximum atomic E-state index is 11.0. The highest BCUT2D eigenvalue weighted by Crippen LogP contribution is 2.09. The van der Waals surface area contributed by atoms with E-state index in [1.807, 2.05) is 0 Å². The molecular formula is C11H11N5O2. The molecule has 2 aromatic rings. The third-order valence-corrected chi connectivity index (χ3v) is 2.13. The van der Waals surface area contributed by atoms with Gasteiger partial charge in [-0.1, -0.05) is 12.1 Å². The number of rotatable bonds is 3. The van der Waals surface area contributed by atoms with Crippen LogP contribution in [0.4, 0.5) is 5.82 Å². The number of H-pyrrole nitrogens is 1. The second-order valence-electron chi connectivity index (χ2n) is 3.54. The number of nitrogens with one attached hydrogen (secondary N) is 2. The van der Waals surface area contributed by atoms with E-state index in [9.17, 15) is 9.90 Å². The van der Waals surface area contributed by atoms with Gasteiger partial charge in [0.2, 0.25) is 0 Å². The van der Waals surface area contributed by atoms with Crippen LogP contribution in [0, 0.1) is 6.92 Å². The highest BCUT2D eigenvalue weighted by molar-refractivity contribution is 5.80. The van der Waals surface area contributed by atoms with Gasteiger partial charge in [0.15, 0.2) is 5.82 Å². The number of aromatic hydroxyl groups is 1. The molecule has 1 aromatic carbocycles. The Bertz CT molecular complexity index is 635. The van der Waals surface area contributed by atoms with E-state index in [4.69, 9.17) is 0 Å². The molecule has 3 N–H and O–H groups in total. The van der Waals surface area contributed by atoms with Crippen LogP contribution in [0.5, 0.6) is 5.75 Å². The number of phenolic OH excluding ortho intramolecular Hbond substituents is 1. The first kappa shape index (κ1) is 11.8. The number of hydrogen-bond donors (Lipinski definition) is 3.